The highest BCUT2D eigenvalue weighted by Gasteiger charge is 2.43. The lowest BCUT2D eigenvalue weighted by molar-refractivity contribution is -0.122. The monoisotopic (exact) mass is 335 g/mol. The predicted octanol–water partition coefficient (Wildman–Crippen LogP) is 2.26. The van der Waals surface area contributed by atoms with Crippen LogP contribution in [0.5, 0.6) is 0 Å². The van der Waals surface area contributed by atoms with Crippen LogP contribution in [-0.4, -0.2) is 32.9 Å². The van der Waals surface area contributed by atoms with E-state index in [0.717, 1.165) is 18.2 Å². The molecule has 7 heteroatoms. The Hall–Kier alpha value is -0.780. The fourth-order valence-corrected chi connectivity index (χ4v) is 2.87. The molecule has 110 valence electrons. The van der Waals surface area contributed by atoms with Crippen LogP contribution in [0, 0.1) is 5.92 Å². The molecular weight excluding hydrogens is 321 g/mol. The maximum absolute atomic E-state index is 11.9. The second-order valence-corrected chi connectivity index (χ2v) is 8.12. The van der Waals surface area contributed by atoms with E-state index in [2.05, 4.69) is 5.32 Å². The van der Waals surface area contributed by atoms with Crippen LogP contribution in [0.15, 0.2) is 18.2 Å². The van der Waals surface area contributed by atoms with Gasteiger partial charge in [0.1, 0.15) is 9.84 Å². The third-order valence-corrected chi connectivity index (χ3v) is 4.96. The van der Waals surface area contributed by atoms with Crippen LogP contribution in [0.25, 0.3) is 0 Å². The quantitative estimate of drug-likeness (QED) is 0.897. The summed E-state index contributed by atoms with van der Waals surface area (Å²) in [6.45, 7) is 0.155. The summed E-state index contributed by atoms with van der Waals surface area (Å²) in [6, 6.07) is 5.36. The minimum atomic E-state index is -3.05. The fourth-order valence-electron chi connectivity index (χ4n) is 2.09. The Kier molecular flexibility index (Phi) is 4.62. The highest BCUT2D eigenvalue weighted by Crippen LogP contribution is 2.48. The molecular formula is C13H15Cl2NO3S. The molecule has 20 heavy (non-hydrogen) atoms. The minimum Gasteiger partial charge on any atom is -0.355 e. The average molecular weight is 336 g/mol. The second kappa shape index (κ2) is 5.92. The van der Waals surface area contributed by atoms with Gasteiger partial charge in [0.2, 0.25) is 5.91 Å². The Labute approximate surface area is 128 Å². The zero-order chi connectivity index (χ0) is 14.9. The second-order valence-electron chi connectivity index (χ2n) is 5.04. The molecule has 1 aromatic carbocycles. The Balaban J connectivity index is 1.88. The highest BCUT2D eigenvalue weighted by atomic mass is 35.5. The predicted molar refractivity (Wildman–Crippen MR) is 80.0 cm³/mol. The van der Waals surface area contributed by atoms with Gasteiger partial charge in [0.15, 0.2) is 0 Å². The van der Waals surface area contributed by atoms with E-state index >= 15 is 0 Å². The molecule has 2 rings (SSSR count). The van der Waals surface area contributed by atoms with E-state index < -0.39 is 9.84 Å². The van der Waals surface area contributed by atoms with Crippen LogP contribution >= 0.6 is 23.2 Å². The van der Waals surface area contributed by atoms with Crippen LogP contribution in [0.4, 0.5) is 0 Å². The average Bonchev–Trinajstić information content (AvgIpc) is 3.11. The van der Waals surface area contributed by atoms with Gasteiger partial charge in [-0.3, -0.25) is 4.79 Å². The van der Waals surface area contributed by atoms with Crippen LogP contribution in [0.2, 0.25) is 10.0 Å². The molecule has 0 spiro atoms. The molecule has 1 aliphatic rings. The number of carbonyl (C=O) groups is 1. The van der Waals surface area contributed by atoms with Crippen molar-refractivity contribution >= 4 is 38.9 Å². The van der Waals surface area contributed by atoms with Gasteiger partial charge in [-0.15, -0.1) is 0 Å². The standard InChI is InChI=1S/C13H15Cl2NO3S/c1-20(18,19)5-4-16-13(17)10-7-9(10)8-2-3-11(14)12(15)6-8/h2-3,6,9-10H,4-5,7H2,1H3,(H,16,17). The van der Waals surface area contributed by atoms with Crippen LogP contribution in [0.1, 0.15) is 17.9 Å². The number of hydrogen-bond acceptors (Lipinski definition) is 3. The van der Waals surface area contributed by atoms with Gasteiger partial charge < -0.3 is 5.32 Å². The van der Waals surface area contributed by atoms with E-state index in [4.69, 9.17) is 23.2 Å². The van der Waals surface area contributed by atoms with Crippen molar-refractivity contribution < 1.29 is 13.2 Å². The molecule has 1 aliphatic carbocycles. The molecule has 1 saturated carbocycles. The Morgan fingerprint density at radius 1 is 1.35 bits per heavy atom. The summed E-state index contributed by atoms with van der Waals surface area (Å²) in [5, 5.41) is 3.62. The Morgan fingerprint density at radius 2 is 2.05 bits per heavy atom. The van der Waals surface area contributed by atoms with E-state index in [9.17, 15) is 13.2 Å². The lowest BCUT2D eigenvalue weighted by atomic mass is 10.1. The largest absolute Gasteiger partial charge is 0.355 e. The summed E-state index contributed by atoms with van der Waals surface area (Å²) < 4.78 is 21.9. The van der Waals surface area contributed by atoms with Crippen molar-refractivity contribution in [2.75, 3.05) is 18.6 Å². The van der Waals surface area contributed by atoms with E-state index in [1.54, 1.807) is 12.1 Å². The van der Waals surface area contributed by atoms with Gasteiger partial charge in [-0.25, -0.2) is 8.42 Å². The minimum absolute atomic E-state index is 0.0388. The summed E-state index contributed by atoms with van der Waals surface area (Å²) >= 11 is 11.8. The van der Waals surface area contributed by atoms with Gasteiger partial charge in [0.25, 0.3) is 0 Å². The van der Waals surface area contributed by atoms with Crippen molar-refractivity contribution in [3.63, 3.8) is 0 Å². The zero-order valence-corrected chi connectivity index (χ0v) is 13.2. The van der Waals surface area contributed by atoms with Crippen molar-refractivity contribution in [2.24, 2.45) is 5.92 Å². The SMILES string of the molecule is CS(=O)(=O)CCNC(=O)C1CC1c1ccc(Cl)c(Cl)c1. The Morgan fingerprint density at radius 3 is 2.65 bits per heavy atom. The smallest absolute Gasteiger partial charge is 0.223 e. The first kappa shape index (κ1) is 15.6. The lowest BCUT2D eigenvalue weighted by Crippen LogP contribution is -2.30. The summed E-state index contributed by atoms with van der Waals surface area (Å²) in [5.74, 6) is -0.109. The summed E-state index contributed by atoms with van der Waals surface area (Å²) in [7, 11) is -3.05. The van der Waals surface area contributed by atoms with Crippen LogP contribution < -0.4 is 5.32 Å². The molecule has 2 atom stereocenters. The first-order valence-electron chi connectivity index (χ1n) is 6.18. The number of nitrogens with one attached hydrogen (secondary N) is 1. The first-order valence-corrected chi connectivity index (χ1v) is 9.00. The number of sulfone groups is 1. The van der Waals surface area contributed by atoms with Gasteiger partial charge in [-0.05, 0) is 30.0 Å². The number of hydrogen-bond donors (Lipinski definition) is 1. The van der Waals surface area contributed by atoms with Crippen molar-refractivity contribution in [3.8, 4) is 0 Å². The van der Waals surface area contributed by atoms with Gasteiger partial charge in [0.05, 0.1) is 15.8 Å². The van der Waals surface area contributed by atoms with Gasteiger partial charge in [-0.2, -0.15) is 0 Å². The highest BCUT2D eigenvalue weighted by molar-refractivity contribution is 7.90. The van der Waals surface area contributed by atoms with Crippen LogP contribution in [0.3, 0.4) is 0 Å². The first-order chi connectivity index (χ1) is 9.28. The van der Waals surface area contributed by atoms with E-state index in [1.165, 1.54) is 0 Å². The molecule has 1 fully saturated rings. The number of rotatable bonds is 5. The molecule has 0 heterocycles. The molecule has 0 radical (unpaired) electrons. The molecule has 0 aliphatic heterocycles. The molecule has 0 aromatic heterocycles. The molecule has 0 saturated heterocycles. The molecule has 1 N–H and O–H groups in total. The van der Waals surface area contributed by atoms with Crippen molar-refractivity contribution in [3.05, 3.63) is 33.8 Å². The maximum Gasteiger partial charge on any atom is 0.223 e. The summed E-state index contributed by atoms with van der Waals surface area (Å²) in [5.41, 5.74) is 0.989. The number of carbonyl (C=O) groups excluding carboxylic acids is 1. The van der Waals surface area contributed by atoms with Crippen molar-refractivity contribution in [1.82, 2.24) is 5.32 Å². The molecule has 1 amide bonds. The topological polar surface area (TPSA) is 63.2 Å². The van der Waals surface area contributed by atoms with Crippen LogP contribution in [-0.2, 0) is 14.6 Å². The lowest BCUT2D eigenvalue weighted by Gasteiger charge is -2.05. The third kappa shape index (κ3) is 4.11. The van der Waals surface area contributed by atoms with Crippen molar-refractivity contribution in [1.29, 1.82) is 0 Å². The molecule has 1 aromatic rings. The van der Waals surface area contributed by atoms with Crippen molar-refractivity contribution in [2.45, 2.75) is 12.3 Å². The molecule has 4 nitrogen and oxygen atoms in total. The van der Waals surface area contributed by atoms with Gasteiger partial charge in [-0.1, -0.05) is 29.3 Å². The Bertz CT molecular complexity index is 631. The third-order valence-electron chi connectivity index (χ3n) is 3.27. The molecule has 0 bridgehead atoms. The number of halogens is 2. The number of benzene rings is 1. The zero-order valence-electron chi connectivity index (χ0n) is 10.9. The van der Waals surface area contributed by atoms with E-state index in [-0.39, 0.29) is 30.0 Å². The van der Waals surface area contributed by atoms with E-state index in [0.29, 0.717) is 10.0 Å². The summed E-state index contributed by atoms with van der Waals surface area (Å²) in [6.07, 6.45) is 1.90. The molecule has 2 unspecified atom stereocenters. The normalized spacial score (nSPS) is 21.6. The van der Waals surface area contributed by atoms with Gasteiger partial charge in [0, 0.05) is 18.7 Å². The maximum atomic E-state index is 11.9. The van der Waals surface area contributed by atoms with Gasteiger partial charge >= 0.3 is 0 Å². The number of amides is 1. The van der Waals surface area contributed by atoms with E-state index in [1.807, 2.05) is 6.07 Å². The fraction of sp³-hybridized carbons (Fsp3) is 0.462. The summed E-state index contributed by atoms with van der Waals surface area (Å²) in [4.78, 5) is 11.9.